The Hall–Kier alpha value is -2.36. The van der Waals surface area contributed by atoms with Crippen molar-refractivity contribution in [2.45, 2.75) is 19.5 Å². The number of nitrogens with zero attached hydrogens (tertiary/aromatic N) is 2. The van der Waals surface area contributed by atoms with Crippen molar-refractivity contribution in [2.24, 2.45) is 0 Å². The van der Waals surface area contributed by atoms with Crippen LogP contribution < -0.4 is 5.73 Å². The maximum absolute atomic E-state index is 11.6. The molecule has 5 nitrogen and oxygen atoms in total. The molecule has 0 amide bonds. The summed E-state index contributed by atoms with van der Waals surface area (Å²) in [5.74, 6) is -0.322. The van der Waals surface area contributed by atoms with Crippen LogP contribution in [0.3, 0.4) is 0 Å². The van der Waals surface area contributed by atoms with E-state index in [0.717, 1.165) is 37.2 Å². The quantitative estimate of drug-likeness (QED) is 0.876. The average Bonchev–Trinajstić information content (AvgIpc) is 2.88. The van der Waals surface area contributed by atoms with Crippen molar-refractivity contribution in [1.82, 2.24) is 4.90 Å². The summed E-state index contributed by atoms with van der Waals surface area (Å²) in [6, 6.07) is 9.70. The van der Waals surface area contributed by atoms with E-state index in [9.17, 15) is 10.1 Å². The SMILES string of the molecule is COC(=O)c1cccc(CN2CCc3c(sc(N)c3C#N)C2)c1. The Balaban J connectivity index is 1.75. The highest BCUT2D eigenvalue weighted by atomic mass is 32.1. The standard InChI is InChI=1S/C17H17N3O2S/c1-22-17(21)12-4-2-3-11(7-12)9-20-6-5-13-14(8-18)16(19)23-15(13)10-20/h2-4,7H,5-6,9-10,19H2,1H3. The molecule has 2 heterocycles. The van der Waals surface area contributed by atoms with Gasteiger partial charge < -0.3 is 10.5 Å². The van der Waals surface area contributed by atoms with Crippen LogP contribution in [0.2, 0.25) is 0 Å². The predicted octanol–water partition coefficient (Wildman–Crippen LogP) is 2.55. The van der Waals surface area contributed by atoms with Gasteiger partial charge in [-0.2, -0.15) is 5.26 Å². The van der Waals surface area contributed by atoms with Crippen LogP contribution in [0.5, 0.6) is 0 Å². The molecule has 0 saturated heterocycles. The van der Waals surface area contributed by atoms with Crippen LogP contribution in [0, 0.1) is 11.3 Å². The minimum atomic E-state index is -0.322. The number of nitrogen functional groups attached to an aromatic ring is 1. The fourth-order valence-electron chi connectivity index (χ4n) is 2.91. The molecule has 1 aliphatic rings. The molecule has 1 aliphatic heterocycles. The number of fused-ring (bicyclic) bond motifs is 1. The molecule has 0 atom stereocenters. The van der Waals surface area contributed by atoms with Gasteiger partial charge in [-0.15, -0.1) is 11.3 Å². The topological polar surface area (TPSA) is 79.3 Å². The van der Waals surface area contributed by atoms with Gasteiger partial charge in [0.25, 0.3) is 0 Å². The third kappa shape index (κ3) is 3.07. The van der Waals surface area contributed by atoms with E-state index in [4.69, 9.17) is 10.5 Å². The molecule has 2 N–H and O–H groups in total. The molecule has 23 heavy (non-hydrogen) atoms. The number of esters is 1. The minimum absolute atomic E-state index is 0.322. The molecule has 118 valence electrons. The van der Waals surface area contributed by atoms with Gasteiger partial charge in [-0.1, -0.05) is 12.1 Å². The molecule has 0 aliphatic carbocycles. The number of nitrogens with two attached hydrogens (primary N) is 1. The monoisotopic (exact) mass is 327 g/mol. The second-order valence-electron chi connectivity index (χ2n) is 5.51. The number of hydrogen-bond donors (Lipinski definition) is 1. The Morgan fingerprint density at radius 3 is 3.09 bits per heavy atom. The van der Waals surface area contributed by atoms with Crippen LogP contribution in [-0.4, -0.2) is 24.5 Å². The van der Waals surface area contributed by atoms with Gasteiger partial charge in [0.15, 0.2) is 0 Å². The van der Waals surface area contributed by atoms with Gasteiger partial charge in [0.2, 0.25) is 0 Å². The smallest absolute Gasteiger partial charge is 0.337 e. The lowest BCUT2D eigenvalue weighted by atomic mass is 10.0. The Labute approximate surface area is 138 Å². The van der Waals surface area contributed by atoms with Crippen molar-refractivity contribution in [3.63, 3.8) is 0 Å². The maximum Gasteiger partial charge on any atom is 0.337 e. The molecular weight excluding hydrogens is 310 g/mol. The van der Waals surface area contributed by atoms with Crippen molar-refractivity contribution in [1.29, 1.82) is 5.26 Å². The van der Waals surface area contributed by atoms with Gasteiger partial charge in [0, 0.05) is 24.5 Å². The number of hydrogen-bond acceptors (Lipinski definition) is 6. The summed E-state index contributed by atoms with van der Waals surface area (Å²) in [5.41, 5.74) is 9.32. The summed E-state index contributed by atoms with van der Waals surface area (Å²) in [6.07, 6.45) is 0.836. The highest BCUT2D eigenvalue weighted by Gasteiger charge is 2.23. The van der Waals surface area contributed by atoms with Crippen LogP contribution in [-0.2, 0) is 24.2 Å². The summed E-state index contributed by atoms with van der Waals surface area (Å²) in [6.45, 7) is 2.42. The number of benzene rings is 1. The first-order chi connectivity index (χ1) is 11.1. The molecule has 1 aromatic carbocycles. The number of nitriles is 1. The Morgan fingerprint density at radius 1 is 1.52 bits per heavy atom. The van der Waals surface area contributed by atoms with Crippen LogP contribution in [0.1, 0.15) is 31.9 Å². The van der Waals surface area contributed by atoms with Gasteiger partial charge in [-0.3, -0.25) is 4.90 Å². The third-order valence-corrected chi connectivity index (χ3v) is 5.08. The van der Waals surface area contributed by atoms with E-state index >= 15 is 0 Å². The number of anilines is 1. The van der Waals surface area contributed by atoms with Crippen molar-refractivity contribution < 1.29 is 9.53 Å². The maximum atomic E-state index is 11.6. The number of carbonyl (C=O) groups is 1. The molecule has 0 spiro atoms. The van der Waals surface area contributed by atoms with Crippen LogP contribution in [0.4, 0.5) is 5.00 Å². The van der Waals surface area contributed by atoms with Gasteiger partial charge in [0.05, 0.1) is 18.2 Å². The summed E-state index contributed by atoms with van der Waals surface area (Å²) in [4.78, 5) is 15.1. The minimum Gasteiger partial charge on any atom is -0.465 e. The van der Waals surface area contributed by atoms with E-state index in [-0.39, 0.29) is 5.97 Å². The van der Waals surface area contributed by atoms with E-state index in [1.54, 1.807) is 6.07 Å². The van der Waals surface area contributed by atoms with Crippen LogP contribution in [0.15, 0.2) is 24.3 Å². The molecule has 0 radical (unpaired) electrons. The van der Waals surface area contributed by atoms with E-state index in [1.807, 2.05) is 18.2 Å². The summed E-state index contributed by atoms with van der Waals surface area (Å²) in [5, 5.41) is 9.81. The van der Waals surface area contributed by atoms with Gasteiger partial charge in [-0.05, 0) is 29.7 Å². The van der Waals surface area contributed by atoms with Crippen molar-refractivity contribution in [2.75, 3.05) is 19.4 Å². The van der Waals surface area contributed by atoms with Gasteiger partial charge >= 0.3 is 5.97 Å². The molecule has 0 unspecified atom stereocenters. The second kappa shape index (κ2) is 6.41. The molecule has 0 saturated carbocycles. The summed E-state index contributed by atoms with van der Waals surface area (Å²) >= 11 is 1.51. The zero-order valence-electron chi connectivity index (χ0n) is 12.8. The Kier molecular flexibility index (Phi) is 4.33. The lowest BCUT2D eigenvalue weighted by Gasteiger charge is -2.26. The van der Waals surface area contributed by atoms with E-state index in [0.29, 0.717) is 16.1 Å². The molecule has 0 bridgehead atoms. The molecule has 3 rings (SSSR count). The highest BCUT2D eigenvalue weighted by Crippen LogP contribution is 2.34. The third-order valence-electron chi connectivity index (χ3n) is 4.03. The number of ether oxygens (including phenoxy) is 1. The zero-order valence-corrected chi connectivity index (χ0v) is 13.7. The van der Waals surface area contributed by atoms with E-state index in [1.165, 1.54) is 23.3 Å². The zero-order chi connectivity index (χ0) is 16.4. The van der Waals surface area contributed by atoms with E-state index < -0.39 is 0 Å². The molecule has 0 fully saturated rings. The second-order valence-corrected chi connectivity index (χ2v) is 6.64. The van der Waals surface area contributed by atoms with Crippen molar-refractivity contribution >= 4 is 22.3 Å². The normalized spacial score (nSPS) is 14.1. The number of rotatable bonds is 3. The summed E-state index contributed by atoms with van der Waals surface area (Å²) in [7, 11) is 1.38. The first kappa shape index (κ1) is 15.5. The molecular formula is C17H17N3O2S. The van der Waals surface area contributed by atoms with Gasteiger partial charge in [-0.25, -0.2) is 4.79 Å². The largest absolute Gasteiger partial charge is 0.465 e. The molecule has 1 aromatic heterocycles. The average molecular weight is 327 g/mol. The van der Waals surface area contributed by atoms with Gasteiger partial charge in [0.1, 0.15) is 11.1 Å². The Morgan fingerprint density at radius 2 is 2.35 bits per heavy atom. The van der Waals surface area contributed by atoms with Crippen molar-refractivity contribution in [3.8, 4) is 6.07 Å². The lowest BCUT2D eigenvalue weighted by Crippen LogP contribution is -2.29. The van der Waals surface area contributed by atoms with Crippen LogP contribution in [0.25, 0.3) is 0 Å². The van der Waals surface area contributed by atoms with E-state index in [2.05, 4.69) is 11.0 Å². The number of thiophene rings is 1. The van der Waals surface area contributed by atoms with Crippen LogP contribution >= 0.6 is 11.3 Å². The van der Waals surface area contributed by atoms with Crippen molar-refractivity contribution in [3.05, 3.63) is 51.4 Å². The fourth-order valence-corrected chi connectivity index (χ4v) is 4.02. The first-order valence-electron chi connectivity index (χ1n) is 7.32. The summed E-state index contributed by atoms with van der Waals surface area (Å²) < 4.78 is 4.76. The number of carbonyl (C=O) groups excluding carboxylic acids is 1. The molecule has 6 heteroatoms. The Bertz CT molecular complexity index is 792. The highest BCUT2D eigenvalue weighted by molar-refractivity contribution is 7.16. The lowest BCUT2D eigenvalue weighted by molar-refractivity contribution is 0.0600. The first-order valence-corrected chi connectivity index (χ1v) is 8.13. The predicted molar refractivity (Wildman–Crippen MR) is 89.0 cm³/mol. The number of methoxy groups -OCH3 is 1. The molecule has 2 aromatic rings. The fraction of sp³-hybridized carbons (Fsp3) is 0.294.